The number of hydrogen-bond donors (Lipinski definition) is 2. The van der Waals surface area contributed by atoms with E-state index in [1.807, 2.05) is 60.7 Å². The maximum atomic E-state index is 11.5. The number of aromatic amines is 1. The van der Waals surface area contributed by atoms with Gasteiger partial charge in [-0.05, 0) is 35.4 Å². The van der Waals surface area contributed by atoms with Crippen molar-refractivity contribution in [2.75, 3.05) is 14.2 Å². The van der Waals surface area contributed by atoms with Crippen LogP contribution in [-0.2, 0) is 11.8 Å². The highest BCUT2D eigenvalue weighted by Crippen LogP contribution is 2.43. The fraction of sp³-hybridized carbons (Fsp3) is 0.182. The summed E-state index contributed by atoms with van der Waals surface area (Å²) < 4.78 is 10.9. The summed E-state index contributed by atoms with van der Waals surface area (Å²) in [5.41, 5.74) is 3.00. The van der Waals surface area contributed by atoms with Crippen LogP contribution in [0.5, 0.6) is 11.5 Å². The zero-order valence-electron chi connectivity index (χ0n) is 15.6. The molecule has 1 aromatic heterocycles. The monoisotopic (exact) mass is 376 g/mol. The van der Waals surface area contributed by atoms with Gasteiger partial charge in [0.05, 0.1) is 14.2 Å². The van der Waals surface area contributed by atoms with E-state index in [2.05, 4.69) is 10.2 Å². The van der Waals surface area contributed by atoms with Crippen LogP contribution in [0.3, 0.4) is 0 Å². The molecule has 0 unspecified atom stereocenters. The maximum absolute atomic E-state index is 11.5. The Morgan fingerprint density at radius 1 is 1.07 bits per heavy atom. The molecule has 0 amide bonds. The number of ether oxygens (including phenoxy) is 2. The lowest BCUT2D eigenvalue weighted by molar-refractivity contribution is 0.0690. The third-order valence-corrected chi connectivity index (χ3v) is 5.25. The fourth-order valence-electron chi connectivity index (χ4n) is 3.79. The lowest BCUT2D eigenvalue weighted by Crippen LogP contribution is -2.30. The summed E-state index contributed by atoms with van der Waals surface area (Å²) in [5, 5.41) is 16.3. The zero-order chi connectivity index (χ0) is 19.7. The molecule has 1 aliphatic rings. The van der Waals surface area contributed by atoms with Crippen molar-refractivity contribution in [1.82, 2.24) is 10.2 Å². The van der Waals surface area contributed by atoms with E-state index in [0.29, 0.717) is 12.0 Å². The number of nitrogens with zero attached hydrogens (tertiary/aromatic N) is 1. The highest BCUT2D eigenvalue weighted by Gasteiger charge is 2.37. The Labute approximate surface area is 162 Å². The van der Waals surface area contributed by atoms with Gasteiger partial charge in [0.25, 0.3) is 0 Å². The predicted octanol–water partition coefficient (Wildman–Crippen LogP) is 3.68. The van der Waals surface area contributed by atoms with Crippen LogP contribution in [0.1, 0.15) is 32.9 Å². The van der Waals surface area contributed by atoms with Crippen molar-refractivity contribution >= 4 is 12.0 Å². The lowest BCUT2D eigenvalue weighted by atomic mass is 9.68. The average Bonchev–Trinajstić information content (AvgIpc) is 3.17. The normalized spacial score (nSPS) is 14.4. The van der Waals surface area contributed by atoms with Gasteiger partial charge in [0.1, 0.15) is 11.5 Å². The summed E-state index contributed by atoms with van der Waals surface area (Å²) in [6.45, 7) is 0. The van der Waals surface area contributed by atoms with E-state index < -0.39 is 11.4 Å². The van der Waals surface area contributed by atoms with Gasteiger partial charge in [-0.1, -0.05) is 36.4 Å². The molecule has 0 aliphatic heterocycles. The first-order chi connectivity index (χ1) is 13.6. The third-order valence-electron chi connectivity index (χ3n) is 5.25. The largest absolute Gasteiger partial charge is 0.497 e. The van der Waals surface area contributed by atoms with Crippen LogP contribution in [0.25, 0.3) is 6.08 Å². The van der Waals surface area contributed by atoms with Crippen LogP contribution < -0.4 is 9.47 Å². The van der Waals surface area contributed by atoms with Crippen molar-refractivity contribution in [3.05, 3.63) is 82.7 Å². The Hall–Kier alpha value is -3.54. The van der Waals surface area contributed by atoms with E-state index >= 15 is 0 Å². The number of aromatic nitrogens is 2. The van der Waals surface area contributed by atoms with Crippen molar-refractivity contribution in [1.29, 1.82) is 0 Å². The number of methoxy groups -OCH3 is 2. The number of rotatable bonds is 5. The van der Waals surface area contributed by atoms with Gasteiger partial charge < -0.3 is 14.6 Å². The Morgan fingerprint density at radius 3 is 2.21 bits per heavy atom. The molecular weight excluding hydrogens is 356 g/mol. The molecule has 0 saturated heterocycles. The minimum absolute atomic E-state index is 0.0381. The Bertz CT molecular complexity index is 1020. The van der Waals surface area contributed by atoms with Crippen molar-refractivity contribution in [2.24, 2.45) is 0 Å². The van der Waals surface area contributed by atoms with E-state index in [-0.39, 0.29) is 5.69 Å². The second-order valence-corrected chi connectivity index (χ2v) is 6.71. The molecule has 0 saturated carbocycles. The van der Waals surface area contributed by atoms with Crippen LogP contribution in [0, 0.1) is 0 Å². The van der Waals surface area contributed by atoms with Gasteiger partial charge in [-0.15, -0.1) is 0 Å². The molecule has 1 heterocycles. The summed E-state index contributed by atoms with van der Waals surface area (Å²) in [6, 6.07) is 15.8. The number of benzene rings is 2. The van der Waals surface area contributed by atoms with Gasteiger partial charge in [0.15, 0.2) is 5.69 Å². The molecule has 142 valence electrons. The first kappa shape index (κ1) is 17.9. The molecule has 0 bridgehead atoms. The second kappa shape index (κ2) is 6.88. The van der Waals surface area contributed by atoms with Gasteiger partial charge in [-0.25, -0.2) is 4.79 Å². The van der Waals surface area contributed by atoms with Crippen LogP contribution >= 0.6 is 0 Å². The molecule has 0 fully saturated rings. The molecular formula is C22H20N2O4. The van der Waals surface area contributed by atoms with Gasteiger partial charge >= 0.3 is 5.97 Å². The molecule has 4 rings (SSSR count). The second-order valence-electron chi connectivity index (χ2n) is 6.71. The van der Waals surface area contributed by atoms with Crippen LogP contribution in [0.4, 0.5) is 0 Å². The number of aromatic carboxylic acids is 1. The minimum Gasteiger partial charge on any atom is -0.497 e. The first-order valence-electron chi connectivity index (χ1n) is 8.86. The third kappa shape index (κ3) is 2.83. The van der Waals surface area contributed by atoms with Gasteiger partial charge in [0.2, 0.25) is 0 Å². The molecule has 2 aromatic carbocycles. The highest BCUT2D eigenvalue weighted by atomic mass is 16.5. The topological polar surface area (TPSA) is 84.4 Å². The number of allylic oxidation sites excluding steroid dienone is 1. The van der Waals surface area contributed by atoms with Crippen molar-refractivity contribution in [3.63, 3.8) is 0 Å². The van der Waals surface area contributed by atoms with E-state index in [0.717, 1.165) is 28.3 Å². The molecule has 6 nitrogen and oxygen atoms in total. The summed E-state index contributed by atoms with van der Waals surface area (Å²) in [6.07, 6.45) is 4.42. The summed E-state index contributed by atoms with van der Waals surface area (Å²) in [5.74, 6) is 0.474. The predicted molar refractivity (Wildman–Crippen MR) is 105 cm³/mol. The summed E-state index contributed by atoms with van der Waals surface area (Å²) in [4.78, 5) is 11.5. The molecule has 0 spiro atoms. The number of carboxylic acids is 1. The van der Waals surface area contributed by atoms with Crippen molar-refractivity contribution in [2.45, 2.75) is 11.8 Å². The van der Waals surface area contributed by atoms with E-state index in [4.69, 9.17) is 9.47 Å². The lowest BCUT2D eigenvalue weighted by Gasteiger charge is -2.34. The maximum Gasteiger partial charge on any atom is 0.357 e. The molecule has 0 radical (unpaired) electrons. The van der Waals surface area contributed by atoms with Crippen LogP contribution in [-0.4, -0.2) is 35.5 Å². The number of carboxylic acid groups (broad SMARTS) is 1. The van der Waals surface area contributed by atoms with E-state index in [9.17, 15) is 9.90 Å². The SMILES string of the molecule is COc1cccc(C2(c3cccc(OC)c3)C=Cc3c(C(=O)O)n[nH]c3C2)c1. The van der Waals surface area contributed by atoms with Crippen LogP contribution in [0.15, 0.2) is 54.6 Å². The van der Waals surface area contributed by atoms with Crippen molar-refractivity contribution < 1.29 is 19.4 Å². The highest BCUT2D eigenvalue weighted by molar-refractivity contribution is 5.91. The standard InChI is InChI=1S/C22H20N2O4/c1-27-16-7-3-5-14(11-16)22(15-6-4-8-17(12-15)28-2)10-9-18-19(13-22)23-24-20(18)21(25)26/h3-12H,13H2,1-2H3,(H,23,24)(H,25,26). The Balaban J connectivity index is 1.92. The molecule has 3 aromatic rings. The first-order valence-corrected chi connectivity index (χ1v) is 8.86. The Morgan fingerprint density at radius 2 is 1.68 bits per heavy atom. The van der Waals surface area contributed by atoms with Gasteiger partial charge in [-0.2, -0.15) is 5.10 Å². The number of fused-ring (bicyclic) bond motifs is 1. The Kier molecular flexibility index (Phi) is 4.39. The van der Waals surface area contributed by atoms with Crippen LogP contribution in [0.2, 0.25) is 0 Å². The quantitative estimate of drug-likeness (QED) is 0.710. The average molecular weight is 376 g/mol. The zero-order valence-corrected chi connectivity index (χ0v) is 15.6. The molecule has 28 heavy (non-hydrogen) atoms. The fourth-order valence-corrected chi connectivity index (χ4v) is 3.79. The van der Waals surface area contributed by atoms with E-state index in [1.54, 1.807) is 14.2 Å². The number of carbonyl (C=O) groups is 1. The molecule has 1 aliphatic carbocycles. The summed E-state index contributed by atoms with van der Waals surface area (Å²) >= 11 is 0. The number of hydrogen-bond acceptors (Lipinski definition) is 4. The van der Waals surface area contributed by atoms with Crippen molar-refractivity contribution in [3.8, 4) is 11.5 Å². The number of nitrogens with one attached hydrogen (secondary N) is 1. The molecule has 6 heteroatoms. The molecule has 0 atom stereocenters. The number of H-pyrrole nitrogens is 1. The van der Waals surface area contributed by atoms with E-state index in [1.165, 1.54) is 0 Å². The minimum atomic E-state index is -1.04. The smallest absolute Gasteiger partial charge is 0.357 e. The van der Waals surface area contributed by atoms with Gasteiger partial charge in [-0.3, -0.25) is 5.10 Å². The van der Waals surface area contributed by atoms with Gasteiger partial charge in [0, 0.05) is 23.1 Å². The molecule has 2 N–H and O–H groups in total. The summed E-state index contributed by atoms with van der Waals surface area (Å²) in [7, 11) is 3.28.